The normalized spacial score (nSPS) is 10.6. The topological polar surface area (TPSA) is 86.1 Å². The number of amides is 1. The highest BCUT2D eigenvalue weighted by molar-refractivity contribution is 6.05. The molecule has 0 aliphatic rings. The van der Waals surface area contributed by atoms with Crippen molar-refractivity contribution in [2.45, 2.75) is 0 Å². The summed E-state index contributed by atoms with van der Waals surface area (Å²) in [7, 11) is 1.59. The number of anilines is 1. The quantitative estimate of drug-likeness (QED) is 0.595. The van der Waals surface area contributed by atoms with Crippen molar-refractivity contribution in [2.75, 3.05) is 12.4 Å². The second kappa shape index (κ2) is 7.32. The molecule has 4 rings (SSSR count). The van der Waals surface area contributed by atoms with Gasteiger partial charge in [0.2, 0.25) is 5.43 Å². The van der Waals surface area contributed by atoms with Crippen LogP contribution in [0.25, 0.3) is 16.7 Å². The monoisotopic (exact) mass is 372 g/mol. The summed E-state index contributed by atoms with van der Waals surface area (Å²) in [6.45, 7) is 0. The minimum Gasteiger partial charge on any atom is -0.497 e. The minimum atomic E-state index is -0.496. The van der Waals surface area contributed by atoms with Crippen molar-refractivity contribution < 1.29 is 9.53 Å². The Hall–Kier alpha value is -4.00. The molecular formula is C21H16N4O3. The molecule has 0 spiro atoms. The van der Waals surface area contributed by atoms with E-state index in [0.717, 1.165) is 5.69 Å². The number of benzene rings is 1. The molecule has 28 heavy (non-hydrogen) atoms. The number of hydrogen-bond donors (Lipinski definition) is 1. The van der Waals surface area contributed by atoms with Crippen LogP contribution in [0.1, 0.15) is 10.4 Å². The average Bonchev–Trinajstić information content (AvgIpc) is 2.75. The molecule has 0 bridgehead atoms. The van der Waals surface area contributed by atoms with Crippen LogP contribution < -0.4 is 15.5 Å². The van der Waals surface area contributed by atoms with Crippen LogP contribution in [0.3, 0.4) is 0 Å². The van der Waals surface area contributed by atoms with E-state index in [1.165, 1.54) is 6.20 Å². The summed E-state index contributed by atoms with van der Waals surface area (Å²) in [5.41, 5.74) is 1.43. The lowest BCUT2D eigenvalue weighted by molar-refractivity contribution is 0.102. The van der Waals surface area contributed by atoms with Crippen LogP contribution in [0.2, 0.25) is 0 Å². The summed E-state index contributed by atoms with van der Waals surface area (Å²) >= 11 is 0. The van der Waals surface area contributed by atoms with Gasteiger partial charge in [-0.2, -0.15) is 0 Å². The molecule has 0 aliphatic heterocycles. The van der Waals surface area contributed by atoms with Gasteiger partial charge in [0.25, 0.3) is 5.91 Å². The number of carbonyl (C=O) groups excluding carboxylic acids is 1. The SMILES string of the molecule is COc1ccc(-n2cc(C(=O)Nc3ccncc3)c(=O)c3cccnc32)cc1. The van der Waals surface area contributed by atoms with E-state index in [4.69, 9.17) is 4.74 Å². The first kappa shape index (κ1) is 17.4. The number of carbonyl (C=O) groups is 1. The van der Waals surface area contributed by atoms with Crippen LogP contribution in [0.4, 0.5) is 5.69 Å². The molecule has 0 saturated heterocycles. The summed E-state index contributed by atoms with van der Waals surface area (Å²) in [6.07, 6.45) is 6.25. The van der Waals surface area contributed by atoms with Gasteiger partial charge in [0.05, 0.1) is 12.5 Å². The van der Waals surface area contributed by atoms with Crippen LogP contribution >= 0.6 is 0 Å². The predicted octanol–water partition coefficient (Wildman–Crippen LogP) is 3.04. The van der Waals surface area contributed by atoms with Gasteiger partial charge in [-0.15, -0.1) is 0 Å². The van der Waals surface area contributed by atoms with Gasteiger partial charge in [-0.05, 0) is 48.5 Å². The molecule has 7 nitrogen and oxygen atoms in total. The van der Waals surface area contributed by atoms with E-state index in [0.29, 0.717) is 22.5 Å². The second-order valence-corrected chi connectivity index (χ2v) is 6.00. The zero-order chi connectivity index (χ0) is 19.5. The van der Waals surface area contributed by atoms with Gasteiger partial charge in [0.1, 0.15) is 17.0 Å². The molecule has 0 aliphatic carbocycles. The third-order valence-corrected chi connectivity index (χ3v) is 4.30. The van der Waals surface area contributed by atoms with Crippen LogP contribution in [-0.4, -0.2) is 27.6 Å². The molecule has 0 fully saturated rings. The standard InChI is InChI=1S/C21H16N4O3/c1-28-16-6-4-15(5-7-16)25-13-18(19(26)17-3-2-10-23-20(17)25)21(27)24-14-8-11-22-12-9-14/h2-13H,1H3,(H,22,24,27). The van der Waals surface area contributed by atoms with Crippen LogP contribution in [-0.2, 0) is 0 Å². The number of nitrogens with zero attached hydrogens (tertiary/aromatic N) is 3. The number of rotatable bonds is 4. The van der Waals surface area contributed by atoms with Crippen LogP contribution in [0, 0.1) is 0 Å². The van der Waals surface area contributed by atoms with Gasteiger partial charge in [0.15, 0.2) is 0 Å². The van der Waals surface area contributed by atoms with Crippen molar-refractivity contribution in [3.63, 3.8) is 0 Å². The molecule has 1 aromatic carbocycles. The second-order valence-electron chi connectivity index (χ2n) is 6.00. The number of ether oxygens (including phenoxy) is 1. The first-order chi connectivity index (χ1) is 13.7. The predicted molar refractivity (Wildman–Crippen MR) is 106 cm³/mol. The summed E-state index contributed by atoms with van der Waals surface area (Å²) < 4.78 is 6.92. The summed E-state index contributed by atoms with van der Waals surface area (Å²) in [6, 6.07) is 13.9. The Balaban J connectivity index is 1.86. The highest BCUT2D eigenvalue weighted by Gasteiger charge is 2.17. The first-order valence-electron chi connectivity index (χ1n) is 8.53. The fourth-order valence-electron chi connectivity index (χ4n) is 2.90. The van der Waals surface area contributed by atoms with Crippen molar-refractivity contribution in [2.24, 2.45) is 0 Å². The molecule has 4 aromatic rings. The van der Waals surface area contributed by atoms with Crippen LogP contribution in [0.5, 0.6) is 5.75 Å². The molecule has 1 amide bonds. The maximum absolute atomic E-state index is 12.9. The molecule has 1 N–H and O–H groups in total. The summed E-state index contributed by atoms with van der Waals surface area (Å²) in [4.78, 5) is 33.9. The van der Waals surface area contributed by atoms with Gasteiger partial charge in [-0.25, -0.2) is 4.98 Å². The van der Waals surface area contributed by atoms with E-state index in [2.05, 4.69) is 15.3 Å². The fraction of sp³-hybridized carbons (Fsp3) is 0.0476. The lowest BCUT2D eigenvalue weighted by Gasteiger charge is -2.13. The molecule has 3 aromatic heterocycles. The molecule has 0 atom stereocenters. The third kappa shape index (κ3) is 3.21. The molecule has 0 radical (unpaired) electrons. The first-order valence-corrected chi connectivity index (χ1v) is 8.53. The van der Waals surface area contributed by atoms with Crippen molar-refractivity contribution in [1.29, 1.82) is 0 Å². The Kier molecular flexibility index (Phi) is 4.55. The number of aromatic nitrogens is 3. The molecule has 3 heterocycles. The lowest BCUT2D eigenvalue weighted by atomic mass is 10.1. The van der Waals surface area contributed by atoms with Crippen molar-refractivity contribution in [1.82, 2.24) is 14.5 Å². The third-order valence-electron chi connectivity index (χ3n) is 4.30. The van der Waals surface area contributed by atoms with Crippen molar-refractivity contribution in [3.8, 4) is 11.4 Å². The van der Waals surface area contributed by atoms with E-state index in [-0.39, 0.29) is 11.0 Å². The van der Waals surface area contributed by atoms with Crippen LogP contribution in [0.15, 0.2) is 78.1 Å². The van der Waals surface area contributed by atoms with Crippen molar-refractivity contribution in [3.05, 3.63) is 89.1 Å². The maximum atomic E-state index is 12.9. The van der Waals surface area contributed by atoms with Gasteiger partial charge in [-0.3, -0.25) is 14.6 Å². The minimum absolute atomic E-state index is 0.0214. The largest absolute Gasteiger partial charge is 0.497 e. The fourth-order valence-corrected chi connectivity index (χ4v) is 2.90. The van der Waals surface area contributed by atoms with E-state index in [1.54, 1.807) is 66.7 Å². The van der Waals surface area contributed by atoms with Gasteiger partial charge >= 0.3 is 0 Å². The maximum Gasteiger partial charge on any atom is 0.261 e. The number of methoxy groups -OCH3 is 1. The highest BCUT2D eigenvalue weighted by atomic mass is 16.5. The summed E-state index contributed by atoms with van der Waals surface area (Å²) in [5.74, 6) is 0.210. The Labute approximate surface area is 160 Å². The zero-order valence-electron chi connectivity index (χ0n) is 15.0. The van der Waals surface area contributed by atoms with E-state index in [9.17, 15) is 9.59 Å². The highest BCUT2D eigenvalue weighted by Crippen LogP contribution is 2.19. The smallest absolute Gasteiger partial charge is 0.261 e. The number of fused-ring (bicyclic) bond motifs is 1. The van der Waals surface area contributed by atoms with E-state index >= 15 is 0 Å². The Morgan fingerprint density at radius 2 is 1.79 bits per heavy atom. The molecule has 138 valence electrons. The Bertz CT molecular complexity index is 1200. The Morgan fingerprint density at radius 1 is 1.04 bits per heavy atom. The van der Waals surface area contributed by atoms with Gasteiger partial charge < -0.3 is 14.6 Å². The lowest BCUT2D eigenvalue weighted by Crippen LogP contribution is -2.24. The molecule has 7 heteroatoms. The Morgan fingerprint density at radius 3 is 2.50 bits per heavy atom. The zero-order valence-corrected chi connectivity index (χ0v) is 15.0. The van der Waals surface area contributed by atoms with Crippen molar-refractivity contribution >= 4 is 22.6 Å². The summed E-state index contributed by atoms with van der Waals surface area (Å²) in [5, 5.41) is 3.09. The number of pyridine rings is 3. The van der Waals surface area contributed by atoms with E-state index in [1.807, 2.05) is 12.1 Å². The number of hydrogen-bond acceptors (Lipinski definition) is 5. The molecule has 0 saturated carbocycles. The van der Waals surface area contributed by atoms with Gasteiger partial charge in [-0.1, -0.05) is 0 Å². The molecular weight excluding hydrogens is 356 g/mol. The van der Waals surface area contributed by atoms with E-state index < -0.39 is 5.91 Å². The molecule has 0 unspecified atom stereocenters. The number of nitrogens with one attached hydrogen (secondary N) is 1. The van der Waals surface area contributed by atoms with Gasteiger partial charge in [0, 0.05) is 36.2 Å². The average molecular weight is 372 g/mol.